The predicted molar refractivity (Wildman–Crippen MR) is 89.1 cm³/mol. The molecule has 0 amide bonds. The third-order valence-electron chi connectivity index (χ3n) is 4.37. The van der Waals surface area contributed by atoms with Gasteiger partial charge in [0, 0.05) is 35.7 Å². The van der Waals surface area contributed by atoms with E-state index in [0.717, 1.165) is 0 Å². The van der Waals surface area contributed by atoms with Crippen LogP contribution in [0.3, 0.4) is 0 Å². The van der Waals surface area contributed by atoms with Gasteiger partial charge in [0.05, 0.1) is 11.1 Å². The van der Waals surface area contributed by atoms with Gasteiger partial charge in [0.1, 0.15) is 7.05 Å². The van der Waals surface area contributed by atoms with E-state index in [1.165, 1.54) is 39.0 Å². The molecule has 2 nitrogen and oxygen atoms in total. The molecule has 0 spiro atoms. The summed E-state index contributed by atoms with van der Waals surface area (Å²) < 4.78 is 2.26. The Morgan fingerprint density at radius 1 is 1.00 bits per heavy atom. The maximum absolute atomic E-state index is 3.34. The molecule has 3 aromatic rings. The van der Waals surface area contributed by atoms with Crippen LogP contribution in [-0.4, -0.2) is 22.3 Å². The van der Waals surface area contributed by atoms with Crippen LogP contribution in [0.2, 0.25) is 0 Å². The average Bonchev–Trinajstić information content (AvgIpc) is 3.04. The molecule has 2 aromatic carbocycles. The summed E-state index contributed by atoms with van der Waals surface area (Å²) in [5.41, 5.74) is 7.61. The molecule has 0 saturated heterocycles. The van der Waals surface area contributed by atoms with Crippen molar-refractivity contribution in [2.45, 2.75) is 6.92 Å². The van der Waals surface area contributed by atoms with E-state index < -0.39 is 0 Å². The van der Waals surface area contributed by atoms with Crippen LogP contribution < -0.4 is 0 Å². The molecule has 102 valence electrons. The number of H-pyrrole nitrogens is 1. The zero-order valence-electron chi connectivity index (χ0n) is 12.2. The Morgan fingerprint density at radius 2 is 1.76 bits per heavy atom. The highest BCUT2D eigenvalue weighted by Crippen LogP contribution is 2.35. The van der Waals surface area contributed by atoms with E-state index in [-0.39, 0.29) is 0 Å². The lowest BCUT2D eigenvalue weighted by molar-refractivity contribution is -0.401. The number of benzene rings is 2. The summed E-state index contributed by atoms with van der Waals surface area (Å²) in [4.78, 5) is 3.34. The molecule has 1 aliphatic heterocycles. The van der Waals surface area contributed by atoms with Crippen LogP contribution in [0.4, 0.5) is 5.69 Å². The van der Waals surface area contributed by atoms with Crippen molar-refractivity contribution in [3.63, 3.8) is 0 Å². The molecule has 0 radical (unpaired) electrons. The number of aromatic amines is 1. The molecule has 0 aliphatic carbocycles. The van der Waals surface area contributed by atoms with Gasteiger partial charge in [-0.3, -0.25) is 0 Å². The van der Waals surface area contributed by atoms with Crippen molar-refractivity contribution in [2.75, 3.05) is 7.05 Å². The molecule has 1 aliphatic rings. The highest BCUT2D eigenvalue weighted by Gasteiger charge is 2.28. The van der Waals surface area contributed by atoms with E-state index in [1.54, 1.807) is 0 Å². The topological polar surface area (TPSA) is 18.8 Å². The van der Waals surface area contributed by atoms with Gasteiger partial charge < -0.3 is 4.98 Å². The number of hydrogen-bond acceptors (Lipinski definition) is 0. The van der Waals surface area contributed by atoms with Gasteiger partial charge in [-0.2, -0.15) is 4.58 Å². The highest BCUT2D eigenvalue weighted by atomic mass is 15.0. The van der Waals surface area contributed by atoms with E-state index in [9.17, 15) is 0 Å². The van der Waals surface area contributed by atoms with E-state index in [4.69, 9.17) is 0 Å². The Morgan fingerprint density at radius 3 is 2.67 bits per heavy atom. The maximum atomic E-state index is 3.34. The van der Waals surface area contributed by atoms with Crippen LogP contribution in [0.1, 0.15) is 18.1 Å². The average molecular weight is 273 g/mol. The van der Waals surface area contributed by atoms with Crippen molar-refractivity contribution in [1.82, 2.24) is 4.98 Å². The molecule has 1 N–H and O–H groups in total. The normalized spacial score (nSPS) is 16.0. The van der Waals surface area contributed by atoms with Gasteiger partial charge in [-0.05, 0) is 18.2 Å². The molecule has 0 bridgehead atoms. The van der Waals surface area contributed by atoms with Crippen molar-refractivity contribution in [1.29, 1.82) is 0 Å². The lowest BCUT2D eigenvalue weighted by Gasteiger charge is -1.97. The van der Waals surface area contributed by atoms with E-state index in [2.05, 4.69) is 84.3 Å². The first-order valence-electron chi connectivity index (χ1n) is 7.20. The fourth-order valence-electron chi connectivity index (χ4n) is 3.10. The van der Waals surface area contributed by atoms with E-state index >= 15 is 0 Å². The van der Waals surface area contributed by atoms with Crippen LogP contribution in [0.25, 0.3) is 22.6 Å². The summed E-state index contributed by atoms with van der Waals surface area (Å²) in [5, 5.41) is 1.27. The number of nitrogens with one attached hydrogen (secondary N) is 1. The quantitative estimate of drug-likeness (QED) is 0.631. The van der Waals surface area contributed by atoms with Crippen LogP contribution in [0.15, 0.2) is 54.7 Å². The largest absolute Gasteiger partial charge is 0.361 e. The second-order valence-electron chi connectivity index (χ2n) is 5.51. The minimum Gasteiger partial charge on any atom is -0.361 e. The highest BCUT2D eigenvalue weighted by molar-refractivity contribution is 6.28. The molecule has 21 heavy (non-hydrogen) atoms. The Kier molecular flexibility index (Phi) is 2.58. The molecular weight excluding hydrogens is 256 g/mol. The number of rotatable bonds is 1. The van der Waals surface area contributed by atoms with Crippen molar-refractivity contribution < 1.29 is 4.58 Å². The van der Waals surface area contributed by atoms with Gasteiger partial charge in [-0.25, -0.2) is 0 Å². The maximum Gasteiger partial charge on any atom is 0.213 e. The molecule has 0 fully saturated rings. The number of fused-ring (bicyclic) bond motifs is 2. The first kappa shape index (κ1) is 12.2. The van der Waals surface area contributed by atoms with Crippen LogP contribution >= 0.6 is 0 Å². The Bertz CT molecular complexity index is 910. The zero-order valence-corrected chi connectivity index (χ0v) is 12.2. The van der Waals surface area contributed by atoms with Crippen LogP contribution in [-0.2, 0) is 0 Å². The molecule has 0 saturated carbocycles. The van der Waals surface area contributed by atoms with Gasteiger partial charge in [0.25, 0.3) is 0 Å². The molecule has 1 aromatic heterocycles. The van der Waals surface area contributed by atoms with Crippen LogP contribution in [0.5, 0.6) is 0 Å². The summed E-state index contributed by atoms with van der Waals surface area (Å²) in [7, 11) is 2.13. The summed E-state index contributed by atoms with van der Waals surface area (Å²) in [6.45, 7) is 2.18. The second-order valence-corrected chi connectivity index (χ2v) is 5.51. The van der Waals surface area contributed by atoms with Gasteiger partial charge in [-0.15, -0.1) is 0 Å². The molecule has 2 heterocycles. The van der Waals surface area contributed by atoms with Crippen LogP contribution in [0, 0.1) is 0 Å². The molecule has 0 atom stereocenters. The monoisotopic (exact) mass is 273 g/mol. The number of hydrogen-bond donors (Lipinski definition) is 1. The standard InChI is InChI=1S/C19H16N2/c1-13-17(16-8-4-6-10-19(16)21(13)2)11-14-12-20-18-9-5-3-7-15(14)18/h3-12H,1-2H3/p+1. The lowest BCUT2D eigenvalue weighted by atomic mass is 10.0. The smallest absolute Gasteiger partial charge is 0.213 e. The summed E-state index contributed by atoms with van der Waals surface area (Å²) in [6, 6.07) is 17.0. The van der Waals surface area contributed by atoms with Crippen molar-refractivity contribution in [3.05, 3.63) is 65.9 Å². The fourth-order valence-corrected chi connectivity index (χ4v) is 3.10. The summed E-state index contributed by atoms with van der Waals surface area (Å²) >= 11 is 0. The van der Waals surface area contributed by atoms with Gasteiger partial charge in [0.2, 0.25) is 5.69 Å². The first-order chi connectivity index (χ1) is 10.3. The Balaban J connectivity index is 1.94. The molecule has 0 unspecified atom stereocenters. The molecular formula is C19H17N2+. The first-order valence-corrected chi connectivity index (χ1v) is 7.20. The SMILES string of the molecule is CC1=[N+](C)c2ccccc2/C1=C/c1c[nH]c2ccccc12. The summed E-state index contributed by atoms with van der Waals surface area (Å²) in [6.07, 6.45) is 4.38. The minimum atomic E-state index is 1.18. The minimum absolute atomic E-state index is 1.18. The van der Waals surface area contributed by atoms with E-state index in [1.807, 2.05) is 0 Å². The van der Waals surface area contributed by atoms with Gasteiger partial charge in [0.15, 0.2) is 5.71 Å². The Labute approximate surface area is 124 Å². The van der Waals surface area contributed by atoms with Gasteiger partial charge >= 0.3 is 0 Å². The van der Waals surface area contributed by atoms with Crippen molar-refractivity contribution in [2.24, 2.45) is 0 Å². The fraction of sp³-hybridized carbons (Fsp3) is 0.105. The van der Waals surface area contributed by atoms with E-state index in [0.29, 0.717) is 0 Å². The number of para-hydroxylation sites is 2. The third kappa shape index (κ3) is 1.76. The Hall–Kier alpha value is -2.61. The predicted octanol–water partition coefficient (Wildman–Crippen LogP) is 4.46. The summed E-state index contributed by atoms with van der Waals surface area (Å²) in [5.74, 6) is 0. The third-order valence-corrected chi connectivity index (χ3v) is 4.37. The van der Waals surface area contributed by atoms with Crippen molar-refractivity contribution in [3.8, 4) is 0 Å². The van der Waals surface area contributed by atoms with Gasteiger partial charge in [-0.1, -0.05) is 30.3 Å². The molecule has 2 heteroatoms. The number of allylic oxidation sites excluding steroid dienone is 1. The second kappa shape index (κ2) is 4.45. The lowest BCUT2D eigenvalue weighted by Crippen LogP contribution is -2.02. The zero-order chi connectivity index (χ0) is 14.4. The number of nitrogens with zero attached hydrogens (tertiary/aromatic N) is 1. The van der Waals surface area contributed by atoms with Crippen molar-refractivity contribution >= 4 is 34.0 Å². The molecule has 4 rings (SSSR count). The number of aromatic nitrogens is 1.